The zero-order chi connectivity index (χ0) is 23.4. The molecule has 0 rings (SSSR count). The van der Waals surface area contributed by atoms with Crippen LogP contribution in [0.5, 0.6) is 0 Å². The number of esters is 1. The van der Waals surface area contributed by atoms with Crippen LogP contribution in [0.4, 0.5) is 0 Å². The minimum Gasteiger partial charge on any atom is -0.464 e. The van der Waals surface area contributed by atoms with Crippen LogP contribution in [0.1, 0.15) is 84.0 Å². The maximum Gasteiger partial charge on any atom is 0.474 e. The molecule has 8 nitrogen and oxygen atoms in total. The average molecular weight is 467 g/mol. The highest BCUT2D eigenvalue weighted by Gasteiger charge is 2.26. The molecular formula is C22H47N2O6P. The Hall–Kier alpha value is -0.500. The minimum absolute atomic E-state index is 0.0122. The highest BCUT2D eigenvalue weighted by atomic mass is 31.2. The van der Waals surface area contributed by atoms with E-state index in [-0.39, 0.29) is 25.8 Å². The number of phosphoric ester groups is 1. The molecule has 0 aromatic heterocycles. The Labute approximate surface area is 190 Å². The molecule has 0 heterocycles. The number of carbonyl (C=O) groups excluding carboxylic acids is 1. The molecule has 2 N–H and O–H groups in total. The zero-order valence-corrected chi connectivity index (χ0v) is 21.2. The third-order valence-electron chi connectivity index (χ3n) is 4.90. The third kappa shape index (κ3) is 19.9. The van der Waals surface area contributed by atoms with Crippen LogP contribution in [0.25, 0.3) is 0 Å². The molecule has 0 radical (unpaired) electrons. The van der Waals surface area contributed by atoms with E-state index in [1.807, 2.05) is 19.0 Å². The van der Waals surface area contributed by atoms with Crippen molar-refractivity contribution in [3.63, 3.8) is 0 Å². The lowest BCUT2D eigenvalue weighted by atomic mass is 10.1. The van der Waals surface area contributed by atoms with E-state index in [1.54, 1.807) is 0 Å². The van der Waals surface area contributed by atoms with Gasteiger partial charge < -0.3 is 15.4 Å². The van der Waals surface area contributed by atoms with Crippen molar-refractivity contribution in [1.29, 1.82) is 0 Å². The molecule has 9 heteroatoms. The Balaban J connectivity index is 3.68. The summed E-state index contributed by atoms with van der Waals surface area (Å²) in [5.41, 5.74) is 5.88. The van der Waals surface area contributed by atoms with Gasteiger partial charge in [-0.3, -0.25) is 18.4 Å². The molecule has 0 saturated carbocycles. The van der Waals surface area contributed by atoms with Gasteiger partial charge in [0.2, 0.25) is 0 Å². The number of likely N-dealkylation sites (N-methyl/N-ethyl adjacent to an activating group) is 1. The number of carbonyl (C=O) groups is 1. The molecule has 0 spiro atoms. The van der Waals surface area contributed by atoms with Gasteiger partial charge in [0.25, 0.3) is 0 Å². The Morgan fingerprint density at radius 2 is 1.45 bits per heavy atom. The highest BCUT2D eigenvalue weighted by molar-refractivity contribution is 7.48. The van der Waals surface area contributed by atoms with E-state index >= 15 is 0 Å². The fourth-order valence-corrected chi connectivity index (χ4v) is 3.88. The molecule has 0 aliphatic carbocycles. The predicted molar refractivity (Wildman–Crippen MR) is 125 cm³/mol. The van der Waals surface area contributed by atoms with E-state index in [4.69, 9.17) is 24.0 Å². The predicted octanol–water partition coefficient (Wildman–Crippen LogP) is 4.91. The van der Waals surface area contributed by atoms with Gasteiger partial charge in [0.05, 0.1) is 19.3 Å². The second-order valence-corrected chi connectivity index (χ2v) is 10.1. The summed E-state index contributed by atoms with van der Waals surface area (Å²) in [5.74, 6) is -0.261. The number of unbranched alkanes of at least 4 members (excludes halogenated alkanes) is 10. The summed E-state index contributed by atoms with van der Waals surface area (Å²) in [7, 11) is 1.37. The van der Waals surface area contributed by atoms with Gasteiger partial charge in [-0.05, 0) is 20.5 Å². The first kappa shape index (κ1) is 30.5. The first-order chi connectivity index (χ1) is 14.8. The molecule has 0 aliphatic heterocycles. The van der Waals surface area contributed by atoms with Crippen molar-refractivity contribution in [1.82, 2.24) is 4.90 Å². The SMILES string of the molecule is CCCCCCCCCCCCCC(=O)OCC(N)COP(=O)(OC)OCCN(C)C. The molecule has 0 aliphatic rings. The van der Waals surface area contributed by atoms with Crippen molar-refractivity contribution in [3.05, 3.63) is 0 Å². The molecule has 2 unspecified atom stereocenters. The molecule has 0 aromatic carbocycles. The van der Waals surface area contributed by atoms with Crippen molar-refractivity contribution in [3.8, 4) is 0 Å². The van der Waals surface area contributed by atoms with Crippen LogP contribution in [0, 0.1) is 0 Å². The maximum atomic E-state index is 12.3. The molecule has 186 valence electrons. The Morgan fingerprint density at radius 1 is 0.903 bits per heavy atom. The fraction of sp³-hybridized carbons (Fsp3) is 0.955. The lowest BCUT2D eigenvalue weighted by Gasteiger charge is -2.19. The van der Waals surface area contributed by atoms with E-state index in [2.05, 4.69) is 6.92 Å². The summed E-state index contributed by atoms with van der Waals surface area (Å²) in [4.78, 5) is 13.7. The fourth-order valence-electron chi connectivity index (χ4n) is 2.92. The second kappa shape index (κ2) is 20.1. The number of phosphoric acid groups is 1. The number of rotatable bonds is 22. The largest absolute Gasteiger partial charge is 0.474 e. The average Bonchev–Trinajstić information content (AvgIpc) is 2.74. The summed E-state index contributed by atoms with van der Waals surface area (Å²) >= 11 is 0. The van der Waals surface area contributed by atoms with Crippen LogP contribution in [0.15, 0.2) is 0 Å². The normalized spacial score (nSPS) is 14.5. The number of hydrogen-bond donors (Lipinski definition) is 1. The summed E-state index contributed by atoms with van der Waals surface area (Å²) in [6.45, 7) is 2.96. The summed E-state index contributed by atoms with van der Waals surface area (Å²) in [6, 6.07) is -0.595. The van der Waals surface area contributed by atoms with E-state index in [0.29, 0.717) is 13.0 Å². The zero-order valence-electron chi connectivity index (χ0n) is 20.3. The van der Waals surface area contributed by atoms with Gasteiger partial charge in [0.1, 0.15) is 6.61 Å². The van der Waals surface area contributed by atoms with Crippen molar-refractivity contribution in [2.45, 2.75) is 90.0 Å². The topological polar surface area (TPSA) is 100 Å². The van der Waals surface area contributed by atoms with Crippen molar-refractivity contribution < 1.29 is 27.7 Å². The molecule has 31 heavy (non-hydrogen) atoms. The van der Waals surface area contributed by atoms with Crippen LogP contribution in [0.2, 0.25) is 0 Å². The lowest BCUT2D eigenvalue weighted by Crippen LogP contribution is -2.32. The number of hydrogen-bond acceptors (Lipinski definition) is 8. The van der Waals surface area contributed by atoms with E-state index in [9.17, 15) is 9.36 Å². The number of nitrogens with two attached hydrogens (primary N) is 1. The van der Waals surface area contributed by atoms with Crippen molar-refractivity contribution >= 4 is 13.8 Å². The highest BCUT2D eigenvalue weighted by Crippen LogP contribution is 2.48. The standard InChI is InChI=1S/C22H47N2O6P/c1-5-6-7-8-9-10-11-12-13-14-15-16-22(25)28-19-21(23)20-30-31(26,27-4)29-18-17-24(2)3/h21H,5-20,23H2,1-4H3. The second-order valence-electron chi connectivity index (χ2n) is 8.29. The van der Waals surface area contributed by atoms with Crippen LogP contribution in [-0.2, 0) is 27.7 Å². The molecule has 0 bridgehead atoms. The summed E-state index contributed by atoms with van der Waals surface area (Å²) in [6.07, 6.45) is 14.0. The van der Waals surface area contributed by atoms with Crippen LogP contribution >= 0.6 is 7.82 Å². The van der Waals surface area contributed by atoms with E-state index in [1.165, 1.54) is 58.5 Å². The lowest BCUT2D eigenvalue weighted by molar-refractivity contribution is -0.144. The Kier molecular flexibility index (Phi) is 19.8. The molecule has 0 saturated heterocycles. The van der Waals surface area contributed by atoms with Gasteiger partial charge in [-0.25, -0.2) is 4.57 Å². The number of nitrogens with zero attached hydrogens (tertiary/aromatic N) is 1. The maximum absolute atomic E-state index is 12.3. The minimum atomic E-state index is -3.65. The van der Waals surface area contributed by atoms with E-state index < -0.39 is 13.9 Å². The van der Waals surface area contributed by atoms with Gasteiger partial charge in [0, 0.05) is 20.1 Å². The molecule has 2 atom stereocenters. The van der Waals surface area contributed by atoms with Crippen molar-refractivity contribution in [2.24, 2.45) is 5.73 Å². The molecular weight excluding hydrogens is 419 g/mol. The Morgan fingerprint density at radius 3 is 1.97 bits per heavy atom. The summed E-state index contributed by atoms with van der Waals surface area (Å²) < 4.78 is 32.7. The monoisotopic (exact) mass is 466 g/mol. The first-order valence-corrected chi connectivity index (χ1v) is 13.3. The Bertz CT molecular complexity index is 479. The van der Waals surface area contributed by atoms with Gasteiger partial charge in [-0.15, -0.1) is 0 Å². The molecule has 0 aromatic rings. The first-order valence-electron chi connectivity index (χ1n) is 11.8. The number of ether oxygens (including phenoxy) is 1. The third-order valence-corrected chi connectivity index (χ3v) is 6.31. The summed E-state index contributed by atoms with van der Waals surface area (Å²) in [5, 5.41) is 0. The van der Waals surface area contributed by atoms with E-state index in [0.717, 1.165) is 19.3 Å². The van der Waals surface area contributed by atoms with Gasteiger partial charge in [-0.2, -0.15) is 0 Å². The van der Waals surface area contributed by atoms with Crippen LogP contribution < -0.4 is 5.73 Å². The van der Waals surface area contributed by atoms with Crippen LogP contribution in [0.3, 0.4) is 0 Å². The van der Waals surface area contributed by atoms with Gasteiger partial charge in [0.15, 0.2) is 0 Å². The smallest absolute Gasteiger partial charge is 0.464 e. The molecule has 0 fully saturated rings. The van der Waals surface area contributed by atoms with Gasteiger partial charge in [-0.1, -0.05) is 71.1 Å². The van der Waals surface area contributed by atoms with Crippen LogP contribution in [-0.4, -0.2) is 64.5 Å². The van der Waals surface area contributed by atoms with Gasteiger partial charge >= 0.3 is 13.8 Å². The van der Waals surface area contributed by atoms with Crippen molar-refractivity contribution in [2.75, 3.05) is 47.6 Å². The quantitative estimate of drug-likeness (QED) is 0.136. The molecule has 0 amide bonds.